The second kappa shape index (κ2) is 8.09. The maximum atomic E-state index is 14.0. The largest absolute Gasteiger partial charge is 0.505 e. The van der Waals surface area contributed by atoms with Crippen LogP contribution in [0.1, 0.15) is 24.6 Å². The van der Waals surface area contributed by atoms with Crippen LogP contribution < -0.4 is 0 Å². The topological polar surface area (TPSA) is 105 Å². The number of halogens is 1. The van der Waals surface area contributed by atoms with Crippen molar-refractivity contribution in [2.45, 2.75) is 26.3 Å². The Kier molecular flexibility index (Phi) is 5.11. The van der Waals surface area contributed by atoms with Crippen LogP contribution in [-0.4, -0.2) is 43.3 Å². The van der Waals surface area contributed by atoms with Crippen LogP contribution >= 0.6 is 0 Å². The summed E-state index contributed by atoms with van der Waals surface area (Å²) in [5.74, 6) is -0.181. The predicted octanol–water partition coefficient (Wildman–Crippen LogP) is 4.37. The van der Waals surface area contributed by atoms with Crippen molar-refractivity contribution in [2.24, 2.45) is 5.92 Å². The molecule has 2 aromatic heterocycles. The van der Waals surface area contributed by atoms with Crippen molar-refractivity contribution in [3.8, 4) is 34.5 Å². The summed E-state index contributed by atoms with van der Waals surface area (Å²) in [6.45, 7) is 4.37. The lowest BCUT2D eigenvalue weighted by Crippen LogP contribution is -2.20. The van der Waals surface area contributed by atoms with Crippen LogP contribution in [-0.2, 0) is 13.0 Å². The Morgan fingerprint density at radius 1 is 1.31 bits per heavy atom. The molecule has 3 N–H and O–H groups in total. The zero-order valence-electron chi connectivity index (χ0n) is 17.7. The molecule has 1 aliphatic rings. The number of nitriles is 1. The Bertz CT molecular complexity index is 1330. The fourth-order valence-electron chi connectivity index (χ4n) is 4.41. The number of aromatic amines is 2. The van der Waals surface area contributed by atoms with Crippen molar-refractivity contribution < 1.29 is 9.50 Å². The van der Waals surface area contributed by atoms with E-state index < -0.39 is 5.82 Å². The van der Waals surface area contributed by atoms with Crippen LogP contribution in [0.2, 0.25) is 0 Å². The molecule has 0 amide bonds. The van der Waals surface area contributed by atoms with Gasteiger partial charge in [0.25, 0.3) is 0 Å². The standard InChI is InChI=1S/C24H23FN6O/c1-2-15-8-22(32)20(25)9-19(15)16-3-4-18-21(7-16)29-30-23(18)24-27-11-17(28-24)13-31-6-5-14(10-26)12-31/h3-4,7-9,11,14,32H,2,5-6,12-13H2,1H3,(H,27,28)(H,29,30). The number of aromatic nitrogens is 4. The van der Waals surface area contributed by atoms with Gasteiger partial charge in [-0.05, 0) is 60.3 Å². The Morgan fingerprint density at radius 2 is 2.19 bits per heavy atom. The molecule has 7 nitrogen and oxygen atoms in total. The molecule has 8 heteroatoms. The van der Waals surface area contributed by atoms with Crippen molar-refractivity contribution in [2.75, 3.05) is 13.1 Å². The Balaban J connectivity index is 1.43. The summed E-state index contributed by atoms with van der Waals surface area (Å²) in [4.78, 5) is 10.2. The van der Waals surface area contributed by atoms with Crippen LogP contribution in [0.4, 0.5) is 4.39 Å². The molecule has 3 heterocycles. The Morgan fingerprint density at radius 3 is 2.97 bits per heavy atom. The van der Waals surface area contributed by atoms with Crippen LogP contribution in [0.5, 0.6) is 5.75 Å². The number of imidazole rings is 1. The highest BCUT2D eigenvalue weighted by Gasteiger charge is 2.23. The number of phenolic OH excluding ortho intramolecular Hbond substituents is 1. The molecule has 2 aromatic carbocycles. The highest BCUT2D eigenvalue weighted by atomic mass is 19.1. The molecule has 1 saturated heterocycles. The normalized spacial score (nSPS) is 16.6. The van der Waals surface area contributed by atoms with Gasteiger partial charge in [-0.15, -0.1) is 0 Å². The number of hydrogen-bond acceptors (Lipinski definition) is 5. The van der Waals surface area contributed by atoms with Crippen LogP contribution in [0.15, 0.2) is 36.5 Å². The molecular weight excluding hydrogens is 407 g/mol. The number of benzene rings is 2. The zero-order chi connectivity index (χ0) is 22.2. The number of nitrogens with one attached hydrogen (secondary N) is 2. The number of rotatable bonds is 5. The van der Waals surface area contributed by atoms with Gasteiger partial charge in [0, 0.05) is 24.7 Å². The molecule has 5 rings (SSSR count). The molecule has 4 aromatic rings. The fraction of sp³-hybridized carbons (Fsp3) is 0.292. The maximum Gasteiger partial charge on any atom is 0.165 e. The molecule has 0 radical (unpaired) electrons. The molecule has 1 atom stereocenters. The van der Waals surface area contributed by atoms with Crippen LogP contribution in [0.25, 0.3) is 33.5 Å². The lowest BCUT2D eigenvalue weighted by atomic mass is 9.96. The first-order chi connectivity index (χ1) is 15.6. The van der Waals surface area contributed by atoms with E-state index in [4.69, 9.17) is 10.2 Å². The summed E-state index contributed by atoms with van der Waals surface area (Å²) in [5.41, 5.74) is 4.94. The summed E-state index contributed by atoms with van der Waals surface area (Å²) in [5, 5.41) is 27.2. The van der Waals surface area contributed by atoms with Gasteiger partial charge in [0.1, 0.15) is 5.69 Å². The summed E-state index contributed by atoms with van der Waals surface area (Å²) in [6.07, 6.45) is 3.47. The molecule has 0 spiro atoms. The van der Waals surface area contributed by atoms with Crippen molar-refractivity contribution >= 4 is 10.9 Å². The smallest absolute Gasteiger partial charge is 0.165 e. The van der Waals surface area contributed by atoms with E-state index in [-0.39, 0.29) is 11.7 Å². The quantitative estimate of drug-likeness (QED) is 0.436. The second-order valence-corrected chi connectivity index (χ2v) is 8.24. The first-order valence-electron chi connectivity index (χ1n) is 10.7. The van der Waals surface area contributed by atoms with E-state index in [2.05, 4.69) is 26.2 Å². The molecule has 162 valence electrons. The number of aromatic hydroxyl groups is 1. The van der Waals surface area contributed by atoms with E-state index >= 15 is 0 Å². The summed E-state index contributed by atoms with van der Waals surface area (Å²) < 4.78 is 14.0. The van der Waals surface area contributed by atoms with E-state index in [9.17, 15) is 9.50 Å². The van der Waals surface area contributed by atoms with Crippen molar-refractivity contribution in [1.29, 1.82) is 5.26 Å². The highest BCUT2D eigenvalue weighted by molar-refractivity contribution is 5.94. The third kappa shape index (κ3) is 3.61. The lowest BCUT2D eigenvalue weighted by molar-refractivity contribution is 0.321. The minimum absolute atomic E-state index is 0.105. The van der Waals surface area contributed by atoms with E-state index in [0.29, 0.717) is 18.8 Å². The number of aryl methyl sites for hydroxylation is 1. The Hall–Kier alpha value is -3.70. The average molecular weight is 430 g/mol. The molecular formula is C24H23FN6O. The van der Waals surface area contributed by atoms with Gasteiger partial charge in [-0.1, -0.05) is 13.0 Å². The van der Waals surface area contributed by atoms with Gasteiger partial charge in [-0.3, -0.25) is 10.00 Å². The number of phenols is 1. The highest BCUT2D eigenvalue weighted by Crippen LogP contribution is 2.33. The summed E-state index contributed by atoms with van der Waals surface area (Å²) >= 11 is 0. The summed E-state index contributed by atoms with van der Waals surface area (Å²) in [6, 6.07) is 11.0. The number of fused-ring (bicyclic) bond motifs is 1. The van der Waals surface area contributed by atoms with E-state index in [1.54, 1.807) is 0 Å². The molecule has 1 unspecified atom stereocenters. The second-order valence-electron chi connectivity index (χ2n) is 8.24. The van der Waals surface area contributed by atoms with Crippen molar-refractivity contribution in [3.05, 3.63) is 53.6 Å². The average Bonchev–Trinajstić information content (AvgIpc) is 3.54. The van der Waals surface area contributed by atoms with Gasteiger partial charge in [-0.25, -0.2) is 9.37 Å². The van der Waals surface area contributed by atoms with Gasteiger partial charge in [0.05, 0.1) is 23.2 Å². The van der Waals surface area contributed by atoms with Gasteiger partial charge in [-0.2, -0.15) is 10.4 Å². The third-order valence-electron chi connectivity index (χ3n) is 6.12. The van der Waals surface area contributed by atoms with E-state index in [1.807, 2.05) is 31.3 Å². The third-order valence-corrected chi connectivity index (χ3v) is 6.12. The minimum Gasteiger partial charge on any atom is -0.505 e. The van der Waals surface area contributed by atoms with Gasteiger partial charge in [0.2, 0.25) is 0 Å². The molecule has 1 aliphatic heterocycles. The predicted molar refractivity (Wildman–Crippen MR) is 119 cm³/mol. The number of H-pyrrole nitrogens is 2. The number of hydrogen-bond donors (Lipinski definition) is 3. The van der Waals surface area contributed by atoms with Crippen LogP contribution in [0.3, 0.4) is 0 Å². The lowest BCUT2D eigenvalue weighted by Gasteiger charge is -2.12. The monoisotopic (exact) mass is 430 g/mol. The van der Waals surface area contributed by atoms with E-state index in [1.165, 1.54) is 12.1 Å². The van der Waals surface area contributed by atoms with Gasteiger partial charge >= 0.3 is 0 Å². The first-order valence-corrected chi connectivity index (χ1v) is 10.7. The summed E-state index contributed by atoms with van der Waals surface area (Å²) in [7, 11) is 0. The van der Waals surface area contributed by atoms with Crippen LogP contribution in [0, 0.1) is 23.1 Å². The van der Waals surface area contributed by atoms with E-state index in [0.717, 1.165) is 58.5 Å². The number of likely N-dealkylation sites (tertiary alicyclic amines) is 1. The Labute approximate surface area is 184 Å². The SMILES string of the molecule is CCc1cc(O)c(F)cc1-c1ccc2c(-c3nc(CN4CCC(C#N)C4)c[nH]3)n[nH]c2c1. The zero-order valence-corrected chi connectivity index (χ0v) is 17.7. The van der Waals surface area contributed by atoms with Crippen molar-refractivity contribution in [1.82, 2.24) is 25.1 Å². The first kappa shape index (κ1) is 20.2. The minimum atomic E-state index is -0.634. The van der Waals surface area contributed by atoms with Crippen molar-refractivity contribution in [3.63, 3.8) is 0 Å². The molecule has 0 saturated carbocycles. The fourth-order valence-corrected chi connectivity index (χ4v) is 4.41. The molecule has 1 fully saturated rings. The maximum absolute atomic E-state index is 14.0. The molecule has 0 aliphatic carbocycles. The molecule has 32 heavy (non-hydrogen) atoms. The van der Waals surface area contributed by atoms with Gasteiger partial charge < -0.3 is 10.1 Å². The number of nitrogens with zero attached hydrogens (tertiary/aromatic N) is 4. The molecule has 0 bridgehead atoms. The van der Waals surface area contributed by atoms with Gasteiger partial charge in [0.15, 0.2) is 17.4 Å².